The van der Waals surface area contributed by atoms with Gasteiger partial charge in [0, 0.05) is 41.9 Å². The molecule has 0 aromatic carbocycles. The Bertz CT molecular complexity index is 465. The van der Waals surface area contributed by atoms with Crippen molar-refractivity contribution in [2.24, 2.45) is 0 Å². The van der Waals surface area contributed by atoms with Gasteiger partial charge < -0.3 is 10.2 Å². The summed E-state index contributed by atoms with van der Waals surface area (Å²) in [7, 11) is 0. The maximum Gasteiger partial charge on any atom is 0.170 e. The Balaban J connectivity index is 2.10. The monoisotopic (exact) mass is 311 g/mol. The SMILES string of the molecule is CCCNCc1ccnc(N2CCSC(C)(C)CC2)c1F. The Morgan fingerprint density at radius 2 is 2.24 bits per heavy atom. The Labute approximate surface area is 131 Å². The van der Waals surface area contributed by atoms with Gasteiger partial charge in [-0.05, 0) is 25.5 Å². The molecule has 0 aliphatic carbocycles. The zero-order chi connectivity index (χ0) is 15.3. The van der Waals surface area contributed by atoms with E-state index in [1.807, 2.05) is 11.8 Å². The highest BCUT2D eigenvalue weighted by Gasteiger charge is 2.25. The number of nitrogens with zero attached hydrogens (tertiary/aromatic N) is 2. The second-order valence-electron chi connectivity index (χ2n) is 6.13. The normalized spacial score (nSPS) is 18.6. The lowest BCUT2D eigenvalue weighted by molar-refractivity contribution is 0.568. The van der Waals surface area contributed by atoms with Crippen molar-refractivity contribution in [1.82, 2.24) is 10.3 Å². The van der Waals surface area contributed by atoms with Gasteiger partial charge in [-0.15, -0.1) is 0 Å². The Kier molecular flexibility index (Phi) is 5.88. The lowest BCUT2D eigenvalue weighted by Crippen LogP contribution is -2.29. The third kappa shape index (κ3) is 4.58. The Morgan fingerprint density at radius 1 is 1.43 bits per heavy atom. The molecule has 1 aliphatic heterocycles. The van der Waals surface area contributed by atoms with Crippen LogP contribution in [0.25, 0.3) is 0 Å². The molecule has 1 fully saturated rings. The van der Waals surface area contributed by atoms with Gasteiger partial charge in [0.2, 0.25) is 0 Å². The molecule has 3 nitrogen and oxygen atoms in total. The Hall–Kier alpha value is -0.810. The van der Waals surface area contributed by atoms with Gasteiger partial charge in [0.15, 0.2) is 11.6 Å². The van der Waals surface area contributed by atoms with Crippen LogP contribution in [-0.2, 0) is 6.54 Å². The van der Waals surface area contributed by atoms with Crippen molar-refractivity contribution in [2.75, 3.05) is 30.3 Å². The van der Waals surface area contributed by atoms with Gasteiger partial charge in [0.1, 0.15) is 0 Å². The summed E-state index contributed by atoms with van der Waals surface area (Å²) in [5, 5.41) is 3.26. The first-order valence-electron chi connectivity index (χ1n) is 7.76. The Morgan fingerprint density at radius 3 is 3.00 bits per heavy atom. The summed E-state index contributed by atoms with van der Waals surface area (Å²) in [4.78, 5) is 6.39. The summed E-state index contributed by atoms with van der Waals surface area (Å²) in [6, 6.07) is 1.78. The van der Waals surface area contributed by atoms with Crippen LogP contribution in [0.3, 0.4) is 0 Å². The maximum atomic E-state index is 14.7. The second kappa shape index (κ2) is 7.45. The predicted octanol–water partition coefficient (Wildman–Crippen LogP) is 3.44. The molecular formula is C16H26FN3S. The molecular weight excluding hydrogens is 285 g/mol. The third-order valence-electron chi connectivity index (χ3n) is 3.83. The highest BCUT2D eigenvalue weighted by Crippen LogP contribution is 2.32. The van der Waals surface area contributed by atoms with Crippen LogP contribution in [0.2, 0.25) is 0 Å². The molecule has 1 aromatic heterocycles. The first-order valence-corrected chi connectivity index (χ1v) is 8.75. The minimum absolute atomic E-state index is 0.161. The molecule has 0 atom stereocenters. The summed E-state index contributed by atoms with van der Waals surface area (Å²) in [5.74, 6) is 1.38. The van der Waals surface area contributed by atoms with Gasteiger partial charge in [0.05, 0.1) is 0 Å². The van der Waals surface area contributed by atoms with E-state index >= 15 is 0 Å². The number of rotatable bonds is 5. The van der Waals surface area contributed by atoms with E-state index in [0.29, 0.717) is 17.9 Å². The molecule has 0 spiro atoms. The minimum Gasteiger partial charge on any atom is -0.353 e. The quantitative estimate of drug-likeness (QED) is 0.843. The fourth-order valence-electron chi connectivity index (χ4n) is 2.46. The predicted molar refractivity (Wildman–Crippen MR) is 89.6 cm³/mol. The number of halogens is 1. The number of hydrogen-bond acceptors (Lipinski definition) is 4. The van der Waals surface area contributed by atoms with Gasteiger partial charge in [-0.2, -0.15) is 11.8 Å². The van der Waals surface area contributed by atoms with Crippen molar-refractivity contribution in [2.45, 2.75) is 44.9 Å². The molecule has 0 radical (unpaired) electrons. The van der Waals surface area contributed by atoms with E-state index in [2.05, 4.69) is 36.0 Å². The average Bonchev–Trinajstić information content (AvgIpc) is 2.62. The van der Waals surface area contributed by atoms with E-state index in [0.717, 1.165) is 38.2 Å². The first-order chi connectivity index (χ1) is 10.0. The number of aromatic nitrogens is 1. The standard InChI is InChI=1S/C16H26FN3S/c1-4-7-18-12-13-5-8-19-15(14(13)17)20-9-6-16(2,3)21-11-10-20/h5,8,18H,4,6-7,9-12H2,1-3H3. The van der Waals surface area contributed by atoms with Crippen LogP contribution in [0, 0.1) is 5.82 Å². The van der Waals surface area contributed by atoms with Crippen molar-refractivity contribution in [3.8, 4) is 0 Å². The van der Waals surface area contributed by atoms with Crippen LogP contribution < -0.4 is 10.2 Å². The van der Waals surface area contributed by atoms with Crippen molar-refractivity contribution in [3.63, 3.8) is 0 Å². The van der Waals surface area contributed by atoms with Gasteiger partial charge in [-0.25, -0.2) is 9.37 Å². The second-order valence-corrected chi connectivity index (χ2v) is 7.93. The van der Waals surface area contributed by atoms with Crippen molar-refractivity contribution < 1.29 is 4.39 Å². The van der Waals surface area contributed by atoms with Crippen LogP contribution in [0.5, 0.6) is 0 Å². The molecule has 118 valence electrons. The summed E-state index contributed by atoms with van der Waals surface area (Å²) in [6.07, 6.45) is 3.83. The third-order valence-corrected chi connectivity index (χ3v) is 5.20. The molecule has 21 heavy (non-hydrogen) atoms. The molecule has 1 aromatic rings. The average molecular weight is 311 g/mol. The largest absolute Gasteiger partial charge is 0.353 e. The zero-order valence-corrected chi connectivity index (χ0v) is 14.1. The fourth-order valence-corrected chi connectivity index (χ4v) is 3.56. The smallest absolute Gasteiger partial charge is 0.170 e. The van der Waals surface area contributed by atoms with Gasteiger partial charge in [0.25, 0.3) is 0 Å². The molecule has 2 heterocycles. The van der Waals surface area contributed by atoms with Crippen LogP contribution in [0.15, 0.2) is 12.3 Å². The number of nitrogens with one attached hydrogen (secondary N) is 1. The molecule has 2 rings (SSSR count). The maximum absolute atomic E-state index is 14.7. The molecule has 0 saturated carbocycles. The number of anilines is 1. The van der Waals surface area contributed by atoms with Crippen LogP contribution >= 0.6 is 11.8 Å². The van der Waals surface area contributed by atoms with Gasteiger partial charge >= 0.3 is 0 Å². The number of thioether (sulfide) groups is 1. The molecule has 0 bridgehead atoms. The van der Waals surface area contributed by atoms with Crippen LogP contribution in [0.1, 0.15) is 39.2 Å². The van der Waals surface area contributed by atoms with E-state index < -0.39 is 0 Å². The summed E-state index contributed by atoms with van der Waals surface area (Å²) in [6.45, 7) is 9.85. The van der Waals surface area contributed by atoms with Crippen molar-refractivity contribution >= 4 is 17.6 Å². The van der Waals surface area contributed by atoms with E-state index in [-0.39, 0.29) is 10.6 Å². The number of pyridine rings is 1. The fraction of sp³-hybridized carbons (Fsp3) is 0.688. The van der Waals surface area contributed by atoms with E-state index in [4.69, 9.17) is 0 Å². The topological polar surface area (TPSA) is 28.2 Å². The van der Waals surface area contributed by atoms with E-state index in [1.165, 1.54) is 0 Å². The highest BCUT2D eigenvalue weighted by molar-refractivity contribution is 8.00. The molecule has 1 saturated heterocycles. The molecule has 1 N–H and O–H groups in total. The molecule has 5 heteroatoms. The van der Waals surface area contributed by atoms with Crippen LogP contribution in [0.4, 0.5) is 10.2 Å². The zero-order valence-electron chi connectivity index (χ0n) is 13.3. The molecule has 0 amide bonds. The minimum atomic E-state index is -0.161. The first kappa shape index (κ1) is 16.6. The molecule has 1 aliphatic rings. The highest BCUT2D eigenvalue weighted by atomic mass is 32.2. The summed E-state index contributed by atoms with van der Waals surface area (Å²) in [5.41, 5.74) is 0.713. The molecule has 0 unspecified atom stereocenters. The van der Waals surface area contributed by atoms with Crippen molar-refractivity contribution in [1.29, 1.82) is 0 Å². The van der Waals surface area contributed by atoms with Crippen LogP contribution in [-0.4, -0.2) is 35.1 Å². The van der Waals surface area contributed by atoms with Crippen molar-refractivity contribution in [3.05, 3.63) is 23.6 Å². The van der Waals surface area contributed by atoms with Gasteiger partial charge in [-0.1, -0.05) is 20.8 Å². The van der Waals surface area contributed by atoms with E-state index in [1.54, 1.807) is 12.3 Å². The van der Waals surface area contributed by atoms with E-state index in [9.17, 15) is 4.39 Å². The number of hydrogen-bond donors (Lipinski definition) is 1. The lowest BCUT2D eigenvalue weighted by atomic mass is 10.1. The van der Waals surface area contributed by atoms with Gasteiger partial charge in [-0.3, -0.25) is 0 Å². The summed E-state index contributed by atoms with van der Waals surface area (Å²) >= 11 is 1.96. The summed E-state index contributed by atoms with van der Waals surface area (Å²) < 4.78 is 14.9. The lowest BCUT2D eigenvalue weighted by Gasteiger charge is -2.24.